The largest absolute Gasteiger partial charge is 0.508 e. The lowest BCUT2D eigenvalue weighted by molar-refractivity contribution is -0.121. The second kappa shape index (κ2) is 10.3. The first-order chi connectivity index (χ1) is 13.2. The highest BCUT2D eigenvalue weighted by molar-refractivity contribution is 5.76. The third kappa shape index (κ3) is 7.76. The number of benzene rings is 1. The summed E-state index contributed by atoms with van der Waals surface area (Å²) in [6.07, 6.45) is 1.52. The zero-order valence-corrected chi connectivity index (χ0v) is 17.2. The third-order valence-corrected chi connectivity index (χ3v) is 4.61. The van der Waals surface area contributed by atoms with Crippen molar-refractivity contribution < 1.29 is 19.4 Å². The maximum absolute atomic E-state index is 12.1. The molecule has 1 saturated heterocycles. The lowest BCUT2D eigenvalue weighted by Gasteiger charge is -2.35. The summed E-state index contributed by atoms with van der Waals surface area (Å²) in [6.45, 7) is 10.1. The molecule has 0 unspecified atom stereocenters. The van der Waals surface area contributed by atoms with Gasteiger partial charge in [-0.1, -0.05) is 18.2 Å². The smallest absolute Gasteiger partial charge is 0.410 e. The van der Waals surface area contributed by atoms with Crippen LogP contribution < -0.4 is 5.32 Å². The number of nitrogens with one attached hydrogen (secondary N) is 1. The van der Waals surface area contributed by atoms with E-state index >= 15 is 0 Å². The molecule has 1 aromatic rings. The van der Waals surface area contributed by atoms with E-state index in [1.807, 2.05) is 32.9 Å². The normalized spacial score (nSPS) is 15.3. The van der Waals surface area contributed by atoms with Gasteiger partial charge < -0.3 is 20.1 Å². The van der Waals surface area contributed by atoms with Gasteiger partial charge in [0.2, 0.25) is 5.91 Å². The Labute approximate surface area is 167 Å². The molecule has 0 radical (unpaired) electrons. The molecule has 2 amide bonds. The summed E-state index contributed by atoms with van der Waals surface area (Å²) in [5.41, 5.74) is 0.326. The number of carbonyl (C=O) groups is 2. The van der Waals surface area contributed by atoms with Crippen LogP contribution in [0.1, 0.15) is 39.2 Å². The molecular weight excluding hydrogens is 358 g/mol. The summed E-state index contributed by atoms with van der Waals surface area (Å²) < 4.78 is 5.40. The Hall–Kier alpha value is -2.28. The van der Waals surface area contributed by atoms with Gasteiger partial charge in [0.25, 0.3) is 0 Å². The molecule has 0 spiro atoms. The summed E-state index contributed by atoms with van der Waals surface area (Å²) in [5, 5.41) is 12.7. The number of carbonyl (C=O) groups excluding carboxylic acids is 2. The van der Waals surface area contributed by atoms with Gasteiger partial charge in [-0.2, -0.15) is 0 Å². The molecule has 0 saturated carbocycles. The van der Waals surface area contributed by atoms with Crippen LogP contribution in [0.15, 0.2) is 24.3 Å². The van der Waals surface area contributed by atoms with Crippen LogP contribution in [0.25, 0.3) is 0 Å². The fraction of sp³-hybridized carbons (Fsp3) is 0.619. The number of nitrogens with zero attached hydrogens (tertiary/aromatic N) is 2. The third-order valence-electron chi connectivity index (χ3n) is 4.61. The zero-order chi connectivity index (χ0) is 20.6. The van der Waals surface area contributed by atoms with E-state index < -0.39 is 5.60 Å². The summed E-state index contributed by atoms with van der Waals surface area (Å²) in [7, 11) is 0. The number of aryl methyl sites for hydroxylation is 1. The molecule has 0 atom stereocenters. The van der Waals surface area contributed by atoms with Gasteiger partial charge in [-0.05, 0) is 51.8 Å². The van der Waals surface area contributed by atoms with Crippen molar-refractivity contribution in [1.82, 2.24) is 15.1 Å². The van der Waals surface area contributed by atoms with Crippen molar-refractivity contribution in [2.75, 3.05) is 39.3 Å². The fourth-order valence-corrected chi connectivity index (χ4v) is 3.07. The van der Waals surface area contributed by atoms with Crippen molar-refractivity contribution in [2.45, 2.75) is 45.6 Å². The number of hydrogen-bond donors (Lipinski definition) is 2. The molecule has 7 nitrogen and oxygen atoms in total. The van der Waals surface area contributed by atoms with Gasteiger partial charge >= 0.3 is 6.09 Å². The molecule has 7 heteroatoms. The second-order valence-electron chi connectivity index (χ2n) is 8.14. The predicted molar refractivity (Wildman–Crippen MR) is 108 cm³/mol. The van der Waals surface area contributed by atoms with Gasteiger partial charge in [0.15, 0.2) is 0 Å². The maximum atomic E-state index is 12.1. The van der Waals surface area contributed by atoms with Gasteiger partial charge in [-0.25, -0.2) is 4.79 Å². The number of piperazine rings is 1. The second-order valence-corrected chi connectivity index (χ2v) is 8.14. The van der Waals surface area contributed by atoms with Crippen LogP contribution in [0.2, 0.25) is 0 Å². The molecule has 2 N–H and O–H groups in total. The van der Waals surface area contributed by atoms with Crippen molar-refractivity contribution in [3.8, 4) is 5.75 Å². The van der Waals surface area contributed by atoms with Crippen LogP contribution in [0.4, 0.5) is 4.79 Å². The molecule has 0 bridgehead atoms. The molecule has 0 aliphatic carbocycles. The van der Waals surface area contributed by atoms with Crippen molar-refractivity contribution in [3.63, 3.8) is 0 Å². The Morgan fingerprint density at radius 3 is 2.46 bits per heavy atom. The van der Waals surface area contributed by atoms with Gasteiger partial charge in [0.05, 0.1) is 0 Å². The van der Waals surface area contributed by atoms with E-state index in [0.717, 1.165) is 31.6 Å². The summed E-state index contributed by atoms with van der Waals surface area (Å²) in [6, 6.07) is 7.09. The van der Waals surface area contributed by atoms with Crippen LogP contribution in [0, 0.1) is 0 Å². The first kappa shape index (κ1) is 22.0. The topological polar surface area (TPSA) is 82.1 Å². The van der Waals surface area contributed by atoms with E-state index in [-0.39, 0.29) is 17.7 Å². The SMILES string of the molecule is CC(C)(C)OC(=O)N1CCN(CCCNC(=O)CCc2ccccc2O)CC1. The van der Waals surface area contributed by atoms with Crippen LogP contribution in [-0.2, 0) is 16.0 Å². The Morgan fingerprint density at radius 1 is 1.14 bits per heavy atom. The molecule has 2 rings (SSSR count). The summed E-state index contributed by atoms with van der Waals surface area (Å²) >= 11 is 0. The summed E-state index contributed by atoms with van der Waals surface area (Å²) in [4.78, 5) is 28.1. The minimum absolute atomic E-state index is 0.00185. The molecule has 1 aliphatic rings. The maximum Gasteiger partial charge on any atom is 0.410 e. The minimum Gasteiger partial charge on any atom is -0.508 e. The van der Waals surface area contributed by atoms with Crippen LogP contribution >= 0.6 is 0 Å². The predicted octanol–water partition coefficient (Wildman–Crippen LogP) is 2.38. The number of amides is 2. The average Bonchev–Trinajstić information content (AvgIpc) is 2.63. The highest BCUT2D eigenvalue weighted by Crippen LogP contribution is 2.17. The first-order valence-electron chi connectivity index (χ1n) is 9.98. The highest BCUT2D eigenvalue weighted by atomic mass is 16.6. The van der Waals surface area contributed by atoms with E-state index in [9.17, 15) is 14.7 Å². The van der Waals surface area contributed by atoms with E-state index in [1.165, 1.54) is 0 Å². The Bertz CT molecular complexity index is 649. The summed E-state index contributed by atoms with van der Waals surface area (Å²) in [5.74, 6) is 0.235. The number of aromatic hydroxyl groups is 1. The van der Waals surface area contributed by atoms with Gasteiger partial charge in [0.1, 0.15) is 11.4 Å². The van der Waals surface area contributed by atoms with Crippen molar-refractivity contribution in [2.24, 2.45) is 0 Å². The minimum atomic E-state index is -0.467. The molecule has 1 heterocycles. The van der Waals surface area contributed by atoms with Crippen molar-refractivity contribution in [3.05, 3.63) is 29.8 Å². The first-order valence-corrected chi connectivity index (χ1v) is 9.98. The monoisotopic (exact) mass is 391 g/mol. The molecular formula is C21H33N3O4. The number of para-hydroxylation sites is 1. The van der Waals surface area contributed by atoms with E-state index in [1.54, 1.807) is 17.0 Å². The Morgan fingerprint density at radius 2 is 1.82 bits per heavy atom. The molecule has 1 aliphatic heterocycles. The quantitative estimate of drug-likeness (QED) is 0.698. The number of hydrogen-bond acceptors (Lipinski definition) is 5. The fourth-order valence-electron chi connectivity index (χ4n) is 3.07. The van der Waals surface area contributed by atoms with Gasteiger partial charge in [0, 0.05) is 39.1 Å². The Kier molecular flexibility index (Phi) is 8.11. The van der Waals surface area contributed by atoms with Gasteiger partial charge in [-0.3, -0.25) is 9.69 Å². The number of phenols is 1. The molecule has 156 valence electrons. The van der Waals surface area contributed by atoms with E-state index in [0.29, 0.717) is 32.5 Å². The molecule has 1 aromatic carbocycles. The number of ether oxygens (including phenoxy) is 1. The molecule has 0 aromatic heterocycles. The standard InChI is InChI=1S/C21H33N3O4/c1-21(2,3)28-20(27)24-15-13-23(14-16-24)12-6-11-22-19(26)10-9-17-7-4-5-8-18(17)25/h4-5,7-8,25H,6,9-16H2,1-3H3,(H,22,26). The van der Waals surface area contributed by atoms with Crippen molar-refractivity contribution in [1.29, 1.82) is 0 Å². The number of phenolic OH excluding ortho intramolecular Hbond substituents is 1. The molecule has 28 heavy (non-hydrogen) atoms. The lowest BCUT2D eigenvalue weighted by atomic mass is 10.1. The van der Waals surface area contributed by atoms with E-state index in [2.05, 4.69) is 10.2 Å². The highest BCUT2D eigenvalue weighted by Gasteiger charge is 2.25. The number of rotatable bonds is 7. The van der Waals surface area contributed by atoms with Crippen molar-refractivity contribution >= 4 is 12.0 Å². The lowest BCUT2D eigenvalue weighted by Crippen LogP contribution is -2.50. The van der Waals surface area contributed by atoms with Crippen LogP contribution in [0.3, 0.4) is 0 Å². The average molecular weight is 392 g/mol. The van der Waals surface area contributed by atoms with Gasteiger partial charge in [-0.15, -0.1) is 0 Å². The van der Waals surface area contributed by atoms with E-state index in [4.69, 9.17) is 4.74 Å². The van der Waals surface area contributed by atoms with Crippen LogP contribution in [0.5, 0.6) is 5.75 Å². The van der Waals surface area contributed by atoms with Crippen LogP contribution in [-0.4, -0.2) is 71.8 Å². The Balaban J connectivity index is 1.56. The molecule has 1 fully saturated rings. The zero-order valence-electron chi connectivity index (χ0n) is 17.2.